The molecule has 6 nitrogen and oxygen atoms in total. The van der Waals surface area contributed by atoms with Gasteiger partial charge in [-0.2, -0.15) is 0 Å². The number of para-hydroxylation sites is 1. The highest BCUT2D eigenvalue weighted by molar-refractivity contribution is 8.00. The molecule has 2 aromatic rings. The lowest BCUT2D eigenvalue weighted by Crippen LogP contribution is -2.21. The molecule has 8 heteroatoms. The van der Waals surface area contributed by atoms with Crippen molar-refractivity contribution in [2.75, 3.05) is 30.9 Å². The van der Waals surface area contributed by atoms with Crippen LogP contribution in [0.1, 0.15) is 18.7 Å². The second-order valence-corrected chi connectivity index (χ2v) is 9.35. The van der Waals surface area contributed by atoms with E-state index in [0.29, 0.717) is 5.75 Å². The maximum Gasteiger partial charge on any atom is 0.195 e. The van der Waals surface area contributed by atoms with E-state index >= 15 is 0 Å². The summed E-state index contributed by atoms with van der Waals surface area (Å²) in [5.41, 5.74) is 1.01. The van der Waals surface area contributed by atoms with Crippen molar-refractivity contribution in [2.45, 2.75) is 24.5 Å². The Kier molecular flexibility index (Phi) is 5.57. The average Bonchev–Trinajstić information content (AvgIpc) is 3.18. The smallest absolute Gasteiger partial charge is 0.195 e. The van der Waals surface area contributed by atoms with E-state index in [1.165, 1.54) is 30.9 Å². The van der Waals surface area contributed by atoms with Gasteiger partial charge in [-0.25, -0.2) is 8.42 Å². The third-order valence-electron chi connectivity index (χ3n) is 3.96. The standard InChI is InChI=1S/C16H22N4O2S2/c1-24(21,22)12-11-23-16-18-17-15(13-19-9-5-6-10-19)20(16)14-7-3-2-4-8-14/h2-4,7-8H,5-6,9-13H2,1H3. The van der Waals surface area contributed by atoms with E-state index in [1.807, 2.05) is 34.9 Å². The zero-order valence-electron chi connectivity index (χ0n) is 13.8. The minimum Gasteiger partial charge on any atom is -0.296 e. The molecule has 1 aliphatic heterocycles. The number of aromatic nitrogens is 3. The summed E-state index contributed by atoms with van der Waals surface area (Å²) in [4.78, 5) is 2.38. The lowest BCUT2D eigenvalue weighted by molar-refractivity contribution is 0.319. The van der Waals surface area contributed by atoms with E-state index < -0.39 is 9.84 Å². The number of hydrogen-bond acceptors (Lipinski definition) is 6. The zero-order valence-corrected chi connectivity index (χ0v) is 15.4. The highest BCUT2D eigenvalue weighted by atomic mass is 32.2. The predicted molar refractivity (Wildman–Crippen MR) is 96.3 cm³/mol. The average molecular weight is 367 g/mol. The SMILES string of the molecule is CS(=O)(=O)CCSc1nnc(CN2CCCC2)n1-c1ccccc1. The van der Waals surface area contributed by atoms with Gasteiger partial charge in [-0.05, 0) is 38.1 Å². The van der Waals surface area contributed by atoms with E-state index in [-0.39, 0.29) is 5.75 Å². The van der Waals surface area contributed by atoms with Crippen molar-refractivity contribution >= 4 is 21.6 Å². The summed E-state index contributed by atoms with van der Waals surface area (Å²) in [6.45, 7) is 2.96. The Hall–Kier alpha value is -1.38. The molecule has 24 heavy (non-hydrogen) atoms. The molecule has 0 unspecified atom stereocenters. The van der Waals surface area contributed by atoms with Crippen LogP contribution in [-0.4, -0.2) is 58.9 Å². The fourth-order valence-corrected chi connectivity index (χ4v) is 4.92. The van der Waals surface area contributed by atoms with Crippen LogP contribution < -0.4 is 0 Å². The Labute approximate surface area is 147 Å². The van der Waals surface area contributed by atoms with Crippen molar-refractivity contribution < 1.29 is 8.42 Å². The number of thioether (sulfide) groups is 1. The van der Waals surface area contributed by atoms with E-state index in [0.717, 1.165) is 36.3 Å². The molecule has 0 N–H and O–H groups in total. The van der Waals surface area contributed by atoms with E-state index in [9.17, 15) is 8.42 Å². The number of nitrogens with zero attached hydrogens (tertiary/aromatic N) is 4. The van der Waals surface area contributed by atoms with Gasteiger partial charge in [0.15, 0.2) is 11.0 Å². The third-order valence-corrected chi connectivity index (χ3v) is 6.10. The predicted octanol–water partition coefficient (Wildman–Crippen LogP) is 2.00. The molecule has 0 amide bonds. The molecule has 1 aromatic heterocycles. The summed E-state index contributed by atoms with van der Waals surface area (Å²) >= 11 is 1.44. The van der Waals surface area contributed by atoms with Crippen LogP contribution in [0.3, 0.4) is 0 Å². The Bertz CT molecular complexity index is 769. The van der Waals surface area contributed by atoms with Gasteiger partial charge in [0.05, 0.1) is 12.3 Å². The minimum absolute atomic E-state index is 0.140. The van der Waals surface area contributed by atoms with Gasteiger partial charge in [0.25, 0.3) is 0 Å². The Morgan fingerprint density at radius 2 is 1.83 bits per heavy atom. The van der Waals surface area contributed by atoms with E-state index in [4.69, 9.17) is 0 Å². The van der Waals surface area contributed by atoms with Gasteiger partial charge >= 0.3 is 0 Å². The van der Waals surface area contributed by atoms with Crippen LogP contribution in [0.4, 0.5) is 0 Å². The molecule has 0 aliphatic carbocycles. The first-order chi connectivity index (χ1) is 11.5. The maximum absolute atomic E-state index is 11.3. The molecular weight excluding hydrogens is 344 g/mol. The molecular formula is C16H22N4O2S2. The fourth-order valence-electron chi connectivity index (χ4n) is 2.76. The second-order valence-electron chi connectivity index (χ2n) is 6.03. The van der Waals surface area contributed by atoms with Crippen molar-refractivity contribution in [1.29, 1.82) is 0 Å². The number of likely N-dealkylation sites (tertiary alicyclic amines) is 1. The molecule has 0 radical (unpaired) electrons. The molecule has 1 saturated heterocycles. The van der Waals surface area contributed by atoms with Gasteiger partial charge in [-0.15, -0.1) is 10.2 Å². The molecule has 2 heterocycles. The third kappa shape index (κ3) is 4.58. The highest BCUT2D eigenvalue weighted by Gasteiger charge is 2.19. The van der Waals surface area contributed by atoms with E-state index in [1.54, 1.807) is 0 Å². The van der Waals surface area contributed by atoms with Crippen molar-refractivity contribution in [3.05, 3.63) is 36.2 Å². The van der Waals surface area contributed by atoms with Crippen molar-refractivity contribution in [3.8, 4) is 5.69 Å². The summed E-state index contributed by atoms with van der Waals surface area (Å²) in [5.74, 6) is 1.53. The quantitative estimate of drug-likeness (QED) is 0.698. The molecule has 1 aromatic carbocycles. The van der Waals surface area contributed by atoms with E-state index in [2.05, 4.69) is 15.1 Å². The molecule has 1 fully saturated rings. The summed E-state index contributed by atoms with van der Waals surface area (Å²) < 4.78 is 24.7. The number of sulfone groups is 1. The molecule has 0 atom stereocenters. The van der Waals surface area contributed by atoms with Crippen molar-refractivity contribution in [2.24, 2.45) is 0 Å². The molecule has 1 aliphatic rings. The van der Waals surface area contributed by atoms with Crippen molar-refractivity contribution in [3.63, 3.8) is 0 Å². The Morgan fingerprint density at radius 3 is 2.50 bits per heavy atom. The van der Waals surface area contributed by atoms with Gasteiger partial charge in [0.2, 0.25) is 0 Å². The highest BCUT2D eigenvalue weighted by Crippen LogP contribution is 2.23. The van der Waals surface area contributed by atoms with Crippen LogP contribution in [0.5, 0.6) is 0 Å². The number of benzene rings is 1. The van der Waals surface area contributed by atoms with Crippen LogP contribution >= 0.6 is 11.8 Å². The van der Waals surface area contributed by atoms with Gasteiger partial charge < -0.3 is 0 Å². The normalized spacial score (nSPS) is 15.9. The summed E-state index contributed by atoms with van der Waals surface area (Å²) in [6, 6.07) is 10.00. The Balaban J connectivity index is 1.83. The fraction of sp³-hybridized carbons (Fsp3) is 0.500. The summed E-state index contributed by atoms with van der Waals surface area (Å²) in [7, 11) is -2.97. The van der Waals surface area contributed by atoms with Gasteiger partial charge in [-0.1, -0.05) is 30.0 Å². The maximum atomic E-state index is 11.3. The zero-order chi connectivity index (χ0) is 17.0. The monoisotopic (exact) mass is 366 g/mol. The summed E-state index contributed by atoms with van der Waals surface area (Å²) in [5, 5.41) is 9.43. The van der Waals surface area contributed by atoms with Crippen LogP contribution in [0.2, 0.25) is 0 Å². The second kappa shape index (κ2) is 7.67. The number of hydrogen-bond donors (Lipinski definition) is 0. The molecule has 130 valence electrons. The molecule has 0 saturated carbocycles. The lowest BCUT2D eigenvalue weighted by atomic mass is 10.3. The lowest BCUT2D eigenvalue weighted by Gasteiger charge is -2.15. The first-order valence-corrected chi connectivity index (χ1v) is 11.1. The topological polar surface area (TPSA) is 68.1 Å². The Morgan fingerprint density at radius 1 is 1.12 bits per heavy atom. The summed E-state index contributed by atoms with van der Waals surface area (Å²) in [6.07, 6.45) is 3.72. The van der Waals surface area contributed by atoms with Crippen LogP contribution in [0, 0.1) is 0 Å². The van der Waals surface area contributed by atoms with Gasteiger partial charge in [0, 0.05) is 17.7 Å². The molecule has 0 bridgehead atoms. The van der Waals surface area contributed by atoms with Gasteiger partial charge in [-0.3, -0.25) is 9.47 Å². The first kappa shape index (κ1) is 17.4. The van der Waals surface area contributed by atoms with Gasteiger partial charge in [0.1, 0.15) is 9.84 Å². The van der Waals surface area contributed by atoms with Crippen LogP contribution in [-0.2, 0) is 16.4 Å². The van der Waals surface area contributed by atoms with Crippen LogP contribution in [0.15, 0.2) is 35.5 Å². The van der Waals surface area contributed by atoms with Crippen molar-refractivity contribution in [1.82, 2.24) is 19.7 Å². The largest absolute Gasteiger partial charge is 0.296 e. The first-order valence-electron chi connectivity index (χ1n) is 8.05. The molecule has 0 spiro atoms. The number of rotatable bonds is 7. The molecule has 3 rings (SSSR count). The minimum atomic E-state index is -2.97. The van der Waals surface area contributed by atoms with Crippen LogP contribution in [0.25, 0.3) is 5.69 Å².